The molecule has 0 saturated heterocycles. The molecule has 0 bridgehead atoms. The molecule has 1 N–H and O–H groups in total. The second kappa shape index (κ2) is 5.95. The van der Waals surface area contributed by atoms with E-state index >= 15 is 0 Å². The van der Waals surface area contributed by atoms with Crippen LogP contribution in [0.5, 0.6) is 0 Å². The highest BCUT2D eigenvalue weighted by Gasteiger charge is 2.16. The largest absolute Gasteiger partial charge is 0.481 e. The van der Waals surface area contributed by atoms with Gasteiger partial charge in [0, 0.05) is 17.3 Å². The van der Waals surface area contributed by atoms with E-state index in [0.717, 1.165) is 6.20 Å². The van der Waals surface area contributed by atoms with Crippen LogP contribution in [0.4, 0.5) is 4.39 Å². The zero-order valence-corrected chi connectivity index (χ0v) is 12.1. The summed E-state index contributed by atoms with van der Waals surface area (Å²) in [5.41, 5.74) is 0.780. The molecule has 0 atom stereocenters. The van der Waals surface area contributed by atoms with E-state index in [1.54, 1.807) is 0 Å². The molecule has 1 heterocycles. The molecule has 0 aliphatic heterocycles. The Bertz CT molecular complexity index is 668. The topological polar surface area (TPSA) is 50.2 Å². The van der Waals surface area contributed by atoms with Crippen molar-refractivity contribution >= 4 is 40.8 Å². The number of pyridine rings is 1. The molecule has 0 spiro atoms. The van der Waals surface area contributed by atoms with Gasteiger partial charge in [-0.15, -0.1) is 0 Å². The number of carbonyl (C=O) groups is 1. The summed E-state index contributed by atoms with van der Waals surface area (Å²) < 4.78 is 13.8. The van der Waals surface area contributed by atoms with Gasteiger partial charge in [-0.25, -0.2) is 4.39 Å². The van der Waals surface area contributed by atoms with Crippen molar-refractivity contribution in [3.05, 3.63) is 51.0 Å². The van der Waals surface area contributed by atoms with Crippen molar-refractivity contribution < 1.29 is 14.3 Å². The van der Waals surface area contributed by atoms with Gasteiger partial charge >= 0.3 is 5.97 Å². The number of halogens is 4. The average molecular weight is 335 g/mol. The van der Waals surface area contributed by atoms with Gasteiger partial charge in [0.25, 0.3) is 0 Å². The van der Waals surface area contributed by atoms with Gasteiger partial charge in [0.05, 0.1) is 27.7 Å². The van der Waals surface area contributed by atoms with E-state index in [0.29, 0.717) is 11.1 Å². The van der Waals surface area contributed by atoms with E-state index in [1.165, 1.54) is 18.3 Å². The number of carboxylic acid groups (broad SMARTS) is 1. The highest BCUT2D eigenvalue weighted by molar-refractivity contribution is 6.48. The summed E-state index contributed by atoms with van der Waals surface area (Å²) in [7, 11) is 0. The molecule has 1 aromatic heterocycles. The highest BCUT2D eigenvalue weighted by atomic mass is 35.5. The lowest BCUT2D eigenvalue weighted by Gasteiger charge is -2.10. The molecular weight excluding hydrogens is 328 g/mol. The average Bonchev–Trinajstić information content (AvgIpc) is 2.37. The molecule has 2 rings (SSSR count). The summed E-state index contributed by atoms with van der Waals surface area (Å²) >= 11 is 17.7. The van der Waals surface area contributed by atoms with Crippen LogP contribution < -0.4 is 0 Å². The summed E-state index contributed by atoms with van der Waals surface area (Å²) in [5.74, 6) is -1.85. The Morgan fingerprint density at radius 1 is 1.20 bits per heavy atom. The Morgan fingerprint density at radius 2 is 1.80 bits per heavy atom. The normalized spacial score (nSPS) is 10.6. The number of benzene rings is 1. The Balaban J connectivity index is 2.63. The third kappa shape index (κ3) is 3.03. The minimum Gasteiger partial charge on any atom is -0.481 e. The maximum Gasteiger partial charge on any atom is 0.307 e. The third-order valence-electron chi connectivity index (χ3n) is 2.63. The summed E-state index contributed by atoms with van der Waals surface area (Å²) in [6.07, 6.45) is 1.85. The van der Waals surface area contributed by atoms with Gasteiger partial charge in [0.2, 0.25) is 0 Å². The molecule has 0 saturated carbocycles. The van der Waals surface area contributed by atoms with Crippen LogP contribution in [0.3, 0.4) is 0 Å². The number of aromatic nitrogens is 1. The SMILES string of the molecule is O=C(O)Cc1c(F)cncc1-c1cc(Cl)c(Cl)c(Cl)c1. The lowest BCUT2D eigenvalue weighted by atomic mass is 9.99. The van der Waals surface area contributed by atoms with Crippen molar-refractivity contribution in [2.24, 2.45) is 0 Å². The second-order valence-corrected chi connectivity index (χ2v) is 5.16. The van der Waals surface area contributed by atoms with Crippen molar-refractivity contribution in [3.63, 3.8) is 0 Å². The van der Waals surface area contributed by atoms with Crippen LogP contribution in [-0.4, -0.2) is 16.1 Å². The van der Waals surface area contributed by atoms with Crippen LogP contribution in [0.15, 0.2) is 24.5 Å². The van der Waals surface area contributed by atoms with Crippen LogP contribution in [-0.2, 0) is 11.2 Å². The number of aliphatic carboxylic acids is 1. The number of nitrogens with zero attached hydrogens (tertiary/aromatic N) is 1. The Hall–Kier alpha value is -1.36. The molecule has 0 radical (unpaired) electrons. The quantitative estimate of drug-likeness (QED) is 0.842. The van der Waals surface area contributed by atoms with Gasteiger partial charge in [-0.2, -0.15) is 0 Å². The number of rotatable bonds is 3. The summed E-state index contributed by atoms with van der Waals surface area (Å²) in [6, 6.07) is 2.97. The van der Waals surface area contributed by atoms with Crippen molar-refractivity contribution in [1.29, 1.82) is 0 Å². The van der Waals surface area contributed by atoms with Crippen molar-refractivity contribution in [2.75, 3.05) is 0 Å². The molecule has 2 aromatic rings. The fraction of sp³-hybridized carbons (Fsp3) is 0.0769. The van der Waals surface area contributed by atoms with Gasteiger partial charge in [-0.3, -0.25) is 9.78 Å². The molecule has 7 heteroatoms. The molecule has 1 aromatic carbocycles. The predicted octanol–water partition coefficient (Wildman–Crippen LogP) is 4.48. The minimum absolute atomic E-state index is 0.0157. The monoisotopic (exact) mass is 333 g/mol. The number of hydrogen-bond acceptors (Lipinski definition) is 2. The van der Waals surface area contributed by atoms with Crippen LogP contribution in [0.25, 0.3) is 11.1 Å². The zero-order valence-electron chi connectivity index (χ0n) is 9.83. The molecule has 104 valence electrons. The van der Waals surface area contributed by atoms with Gasteiger partial charge in [-0.1, -0.05) is 34.8 Å². The Morgan fingerprint density at radius 3 is 2.35 bits per heavy atom. The number of carboxylic acids is 1. The number of hydrogen-bond donors (Lipinski definition) is 1. The van der Waals surface area contributed by atoms with Crippen molar-refractivity contribution in [3.8, 4) is 11.1 Å². The van der Waals surface area contributed by atoms with E-state index in [4.69, 9.17) is 39.9 Å². The molecule has 0 amide bonds. The van der Waals surface area contributed by atoms with Gasteiger partial charge in [-0.05, 0) is 17.7 Å². The van der Waals surface area contributed by atoms with Crippen LogP contribution in [0.2, 0.25) is 15.1 Å². The lowest BCUT2D eigenvalue weighted by molar-refractivity contribution is -0.136. The first-order valence-corrected chi connectivity index (χ1v) is 6.52. The fourth-order valence-electron chi connectivity index (χ4n) is 1.75. The summed E-state index contributed by atoms with van der Waals surface area (Å²) in [4.78, 5) is 14.6. The first kappa shape index (κ1) is 15.0. The smallest absolute Gasteiger partial charge is 0.307 e. The molecule has 0 unspecified atom stereocenters. The van der Waals surface area contributed by atoms with E-state index < -0.39 is 18.2 Å². The van der Waals surface area contributed by atoms with Crippen LogP contribution in [0, 0.1) is 5.82 Å². The van der Waals surface area contributed by atoms with Crippen molar-refractivity contribution in [1.82, 2.24) is 4.98 Å². The molecular formula is C13H7Cl3FNO2. The third-order valence-corrected chi connectivity index (χ3v) is 3.82. The summed E-state index contributed by atoms with van der Waals surface area (Å²) in [6.45, 7) is 0. The molecule has 0 aliphatic carbocycles. The standard InChI is InChI=1S/C13H7Cl3FNO2/c14-9-1-6(2-10(15)13(9)16)8-4-18-5-11(17)7(8)3-12(19)20/h1-2,4-5H,3H2,(H,19,20). The maximum absolute atomic E-state index is 13.8. The molecule has 0 fully saturated rings. The van der Waals surface area contributed by atoms with Gasteiger partial charge in [0.15, 0.2) is 0 Å². The zero-order chi connectivity index (χ0) is 14.9. The van der Waals surface area contributed by atoms with E-state index in [9.17, 15) is 9.18 Å². The van der Waals surface area contributed by atoms with E-state index in [1.807, 2.05) is 0 Å². The first-order chi connectivity index (χ1) is 9.40. The van der Waals surface area contributed by atoms with Crippen LogP contribution in [0.1, 0.15) is 5.56 Å². The van der Waals surface area contributed by atoms with Crippen molar-refractivity contribution in [2.45, 2.75) is 6.42 Å². The van der Waals surface area contributed by atoms with Gasteiger partial charge in [0.1, 0.15) is 5.82 Å². The highest BCUT2D eigenvalue weighted by Crippen LogP contribution is 2.36. The van der Waals surface area contributed by atoms with E-state index in [2.05, 4.69) is 4.98 Å². The van der Waals surface area contributed by atoms with E-state index in [-0.39, 0.29) is 20.6 Å². The predicted molar refractivity (Wildman–Crippen MR) is 76.0 cm³/mol. The molecule has 3 nitrogen and oxygen atoms in total. The summed E-state index contributed by atoms with van der Waals surface area (Å²) in [5, 5.41) is 9.43. The minimum atomic E-state index is -1.15. The Labute approximate surface area is 128 Å². The van der Waals surface area contributed by atoms with Crippen LogP contribution >= 0.6 is 34.8 Å². The fourth-order valence-corrected chi connectivity index (χ4v) is 2.35. The Kier molecular flexibility index (Phi) is 4.48. The van der Waals surface area contributed by atoms with Gasteiger partial charge < -0.3 is 5.11 Å². The molecule has 0 aliphatic rings. The maximum atomic E-state index is 13.8. The lowest BCUT2D eigenvalue weighted by Crippen LogP contribution is -2.05. The molecule has 20 heavy (non-hydrogen) atoms. The second-order valence-electron chi connectivity index (χ2n) is 3.97. The first-order valence-electron chi connectivity index (χ1n) is 5.39.